The second-order valence-corrected chi connectivity index (χ2v) is 12.6. The molecule has 2 fully saturated rings. The van der Waals surface area contributed by atoms with Crippen LogP contribution < -0.4 is 10.6 Å². The number of halogens is 2. The second kappa shape index (κ2) is 13.9. The first-order valence-electron chi connectivity index (χ1n) is 14.0. The fourth-order valence-electron chi connectivity index (χ4n) is 5.46. The van der Waals surface area contributed by atoms with E-state index in [0.717, 1.165) is 42.4 Å². The van der Waals surface area contributed by atoms with Gasteiger partial charge in [-0.1, -0.05) is 71.7 Å². The highest BCUT2D eigenvalue weighted by molar-refractivity contribution is 8.01. The minimum atomic E-state index is -0.637. The van der Waals surface area contributed by atoms with Crippen LogP contribution in [0.4, 0.5) is 0 Å². The van der Waals surface area contributed by atoms with Crippen molar-refractivity contribution in [2.24, 2.45) is 0 Å². The number of nitrogens with zero attached hydrogens (tertiary/aromatic N) is 2. The highest BCUT2D eigenvalue weighted by Gasteiger charge is 2.43. The Balaban J connectivity index is 1.22. The van der Waals surface area contributed by atoms with Crippen molar-refractivity contribution in [3.63, 3.8) is 0 Å². The molecule has 0 unspecified atom stereocenters. The number of benzene rings is 3. The summed E-state index contributed by atoms with van der Waals surface area (Å²) in [5, 5.41) is 7.88. The Morgan fingerprint density at radius 1 is 0.951 bits per heavy atom. The summed E-state index contributed by atoms with van der Waals surface area (Å²) in [5.41, 5.74) is 1.70. The van der Waals surface area contributed by atoms with Gasteiger partial charge in [0.2, 0.25) is 17.7 Å². The molecule has 2 N–H and O–H groups in total. The molecule has 0 bridgehead atoms. The fraction of sp³-hybridized carbons (Fsp3) is 0.387. The van der Waals surface area contributed by atoms with Crippen LogP contribution >= 0.6 is 35.0 Å². The summed E-state index contributed by atoms with van der Waals surface area (Å²) in [6.07, 6.45) is 3.33. The van der Waals surface area contributed by atoms with E-state index < -0.39 is 10.6 Å². The van der Waals surface area contributed by atoms with E-state index in [4.69, 9.17) is 23.2 Å². The predicted octanol–water partition coefficient (Wildman–Crippen LogP) is 5.40. The zero-order chi connectivity index (χ0) is 28.8. The number of carbonyl (C=O) groups excluding carboxylic acids is 3. The average Bonchev–Trinajstić information content (AvgIpc) is 3.58. The SMILES string of the molecule is O=C(C[C@H]1S[C@H](c2ccc(Cl)cc2Cl)N(CC(=O)NCCCN2CCCC2)C1=O)NCc1cccc2ccccc12. The van der Waals surface area contributed by atoms with E-state index >= 15 is 0 Å². The molecule has 0 aromatic heterocycles. The van der Waals surface area contributed by atoms with Crippen molar-refractivity contribution in [3.05, 3.63) is 81.8 Å². The molecule has 10 heteroatoms. The zero-order valence-electron chi connectivity index (χ0n) is 22.8. The van der Waals surface area contributed by atoms with Crippen molar-refractivity contribution in [1.82, 2.24) is 20.4 Å². The van der Waals surface area contributed by atoms with Crippen molar-refractivity contribution in [2.75, 3.05) is 32.7 Å². The summed E-state index contributed by atoms with van der Waals surface area (Å²) >= 11 is 14.0. The summed E-state index contributed by atoms with van der Waals surface area (Å²) in [4.78, 5) is 43.4. The average molecular weight is 614 g/mol. The van der Waals surface area contributed by atoms with Gasteiger partial charge in [0.15, 0.2) is 0 Å². The number of hydrogen-bond acceptors (Lipinski definition) is 5. The van der Waals surface area contributed by atoms with Crippen LogP contribution in [0.25, 0.3) is 10.8 Å². The normalized spacial score (nSPS) is 19.2. The molecule has 3 amide bonds. The van der Waals surface area contributed by atoms with Crippen molar-refractivity contribution in [2.45, 2.75) is 42.9 Å². The van der Waals surface area contributed by atoms with E-state index in [9.17, 15) is 14.4 Å². The number of nitrogens with one attached hydrogen (secondary N) is 2. The van der Waals surface area contributed by atoms with Crippen LogP contribution in [0.2, 0.25) is 10.0 Å². The van der Waals surface area contributed by atoms with E-state index in [0.29, 0.717) is 28.7 Å². The lowest BCUT2D eigenvalue weighted by Crippen LogP contribution is -2.41. The summed E-state index contributed by atoms with van der Waals surface area (Å²) in [6, 6.07) is 19.1. The van der Waals surface area contributed by atoms with Gasteiger partial charge in [0.1, 0.15) is 11.9 Å². The predicted molar refractivity (Wildman–Crippen MR) is 166 cm³/mol. The molecule has 2 aliphatic heterocycles. The van der Waals surface area contributed by atoms with Crippen molar-refractivity contribution in [3.8, 4) is 0 Å². The molecule has 3 aromatic carbocycles. The van der Waals surface area contributed by atoms with Gasteiger partial charge in [0.05, 0.1) is 5.25 Å². The quantitative estimate of drug-likeness (QED) is 0.283. The first-order chi connectivity index (χ1) is 19.9. The van der Waals surface area contributed by atoms with Crippen LogP contribution in [-0.4, -0.2) is 65.5 Å². The van der Waals surface area contributed by atoms with Crippen LogP contribution in [0.15, 0.2) is 60.7 Å². The van der Waals surface area contributed by atoms with Gasteiger partial charge in [-0.2, -0.15) is 0 Å². The van der Waals surface area contributed by atoms with Crippen LogP contribution in [-0.2, 0) is 20.9 Å². The van der Waals surface area contributed by atoms with E-state index in [2.05, 4.69) is 15.5 Å². The number of rotatable bonds is 11. The third kappa shape index (κ3) is 7.55. The number of fused-ring (bicyclic) bond motifs is 1. The van der Waals surface area contributed by atoms with E-state index in [1.165, 1.54) is 29.5 Å². The number of likely N-dealkylation sites (tertiary alicyclic amines) is 1. The topological polar surface area (TPSA) is 81.8 Å². The lowest BCUT2D eigenvalue weighted by molar-refractivity contribution is -0.136. The van der Waals surface area contributed by atoms with E-state index in [1.54, 1.807) is 18.2 Å². The lowest BCUT2D eigenvalue weighted by Gasteiger charge is -2.24. The Labute approximate surface area is 254 Å². The van der Waals surface area contributed by atoms with Crippen LogP contribution in [0.5, 0.6) is 0 Å². The summed E-state index contributed by atoms with van der Waals surface area (Å²) in [5.74, 6) is -0.701. The lowest BCUT2D eigenvalue weighted by atomic mass is 10.0. The molecular formula is C31H34Cl2N4O3S. The van der Waals surface area contributed by atoms with Crippen molar-refractivity contribution in [1.29, 1.82) is 0 Å². The maximum Gasteiger partial charge on any atom is 0.239 e. The molecule has 41 heavy (non-hydrogen) atoms. The van der Waals surface area contributed by atoms with Gasteiger partial charge in [-0.05, 0) is 67.4 Å². The highest BCUT2D eigenvalue weighted by Crippen LogP contribution is 2.46. The molecule has 0 spiro atoms. The monoisotopic (exact) mass is 612 g/mol. The fourth-order valence-corrected chi connectivity index (χ4v) is 7.52. The van der Waals surface area contributed by atoms with E-state index in [-0.39, 0.29) is 30.7 Å². The molecule has 0 aliphatic carbocycles. The molecule has 2 aliphatic rings. The molecule has 2 saturated heterocycles. The molecule has 2 heterocycles. The minimum absolute atomic E-state index is 0.00390. The molecular weight excluding hydrogens is 579 g/mol. The Kier molecular flexibility index (Phi) is 10.1. The van der Waals surface area contributed by atoms with Crippen molar-refractivity contribution >= 4 is 63.5 Å². The maximum atomic E-state index is 13.6. The van der Waals surface area contributed by atoms with Gasteiger partial charge in [0, 0.05) is 35.1 Å². The van der Waals surface area contributed by atoms with E-state index in [1.807, 2.05) is 42.5 Å². The van der Waals surface area contributed by atoms with Gasteiger partial charge in [-0.3, -0.25) is 14.4 Å². The van der Waals surface area contributed by atoms with Gasteiger partial charge in [0.25, 0.3) is 0 Å². The first-order valence-corrected chi connectivity index (χ1v) is 15.7. The molecule has 3 aromatic rings. The summed E-state index contributed by atoms with van der Waals surface area (Å²) in [6.45, 7) is 4.01. The largest absolute Gasteiger partial charge is 0.355 e. The smallest absolute Gasteiger partial charge is 0.239 e. The zero-order valence-corrected chi connectivity index (χ0v) is 25.1. The summed E-state index contributed by atoms with van der Waals surface area (Å²) < 4.78 is 0. The highest BCUT2D eigenvalue weighted by atomic mass is 35.5. The number of carbonyl (C=O) groups is 3. The van der Waals surface area contributed by atoms with Gasteiger partial charge in [-0.15, -0.1) is 11.8 Å². The molecule has 2 atom stereocenters. The Morgan fingerprint density at radius 3 is 2.54 bits per heavy atom. The Bertz CT molecular complexity index is 1410. The second-order valence-electron chi connectivity index (χ2n) is 10.5. The van der Waals surface area contributed by atoms with Crippen LogP contribution in [0.1, 0.15) is 42.2 Å². The minimum Gasteiger partial charge on any atom is -0.355 e. The molecule has 5 rings (SSSR count). The van der Waals surface area contributed by atoms with Crippen LogP contribution in [0, 0.1) is 0 Å². The van der Waals surface area contributed by atoms with Crippen molar-refractivity contribution < 1.29 is 14.4 Å². The standard InChI is InChI=1S/C31H34Cl2N4O3S/c32-23-11-12-25(26(33)17-23)31-37(20-29(39)34-13-6-16-36-14-3-4-15-36)30(40)27(41-31)18-28(38)35-19-22-9-5-8-21-7-1-2-10-24(21)22/h1-2,5,7-12,17,27,31H,3-4,6,13-16,18-20H2,(H,34,39)(H,35,38)/t27-,31-/m1/s1. The molecule has 216 valence electrons. The van der Waals surface area contributed by atoms with Gasteiger partial charge < -0.3 is 20.4 Å². The van der Waals surface area contributed by atoms with Gasteiger partial charge in [-0.25, -0.2) is 0 Å². The number of amides is 3. The molecule has 0 saturated carbocycles. The number of thioether (sulfide) groups is 1. The Morgan fingerprint density at radius 2 is 1.73 bits per heavy atom. The maximum absolute atomic E-state index is 13.6. The van der Waals surface area contributed by atoms with Gasteiger partial charge >= 0.3 is 0 Å². The first kappa shape index (κ1) is 29.7. The number of hydrogen-bond donors (Lipinski definition) is 2. The summed E-state index contributed by atoms with van der Waals surface area (Å²) in [7, 11) is 0. The van der Waals surface area contributed by atoms with Crippen LogP contribution in [0.3, 0.4) is 0 Å². The molecule has 7 nitrogen and oxygen atoms in total. The third-order valence-electron chi connectivity index (χ3n) is 7.58. The third-order valence-corrected chi connectivity index (χ3v) is 9.60. The molecule has 0 radical (unpaired) electrons. The Hall–Kier alpha value is -2.78.